The molecule has 64 heavy (non-hydrogen) atoms. The van der Waals surface area contributed by atoms with Gasteiger partial charge in [0.05, 0.1) is 5.41 Å². The molecule has 1 aliphatic heterocycles. The van der Waals surface area contributed by atoms with E-state index < -0.39 is 5.41 Å². The Hall–Kier alpha value is -8.40. The molecule has 12 rings (SSSR count). The van der Waals surface area contributed by atoms with E-state index in [1.165, 1.54) is 38.9 Å². The highest BCUT2D eigenvalue weighted by Crippen LogP contribution is 2.63. The summed E-state index contributed by atoms with van der Waals surface area (Å²) in [6.07, 6.45) is 0. The van der Waals surface area contributed by atoms with Gasteiger partial charge in [-0.3, -0.25) is 0 Å². The van der Waals surface area contributed by atoms with Crippen molar-refractivity contribution in [3.05, 3.63) is 277 Å². The van der Waals surface area contributed by atoms with Crippen LogP contribution in [0, 0.1) is 0 Å². The fraction of sp³-hybridized carbons (Fsp3) is 0.0164. The molecule has 0 fully saturated rings. The quantitative estimate of drug-likeness (QED) is 0.152. The summed E-state index contributed by atoms with van der Waals surface area (Å²) in [6, 6.07) is 91.6. The fourth-order valence-electron chi connectivity index (χ4n) is 10.1. The Morgan fingerprint density at radius 1 is 0.250 bits per heavy atom. The number of rotatable bonds is 8. The average molecular weight is 819 g/mol. The summed E-state index contributed by atoms with van der Waals surface area (Å²) in [5, 5.41) is 0. The standard InChI is InChI=1S/C61H42N2O/c1-5-18-43(19-6-1)45-32-34-49(35-33-45)62(47-23-9-3-10-24-47)52-36-38-57-60(42-52)64-59-39-37-51(41-58(59)61(57)55-30-15-13-28-53(55)54-29-14-16-31-56(54)61)63(48-25-11-4-12-26-48)50-27-17-22-46(40-50)44-20-7-2-8-21-44/h1-42H. The molecule has 0 atom stereocenters. The Labute approximate surface area is 374 Å². The first-order valence-corrected chi connectivity index (χ1v) is 21.9. The Kier molecular flexibility index (Phi) is 9.05. The van der Waals surface area contributed by atoms with Gasteiger partial charge in [-0.05, 0) is 117 Å². The predicted molar refractivity (Wildman–Crippen MR) is 264 cm³/mol. The number of ether oxygens (including phenoxy) is 1. The molecule has 0 radical (unpaired) electrons. The molecule has 1 aliphatic carbocycles. The van der Waals surface area contributed by atoms with Gasteiger partial charge in [0.15, 0.2) is 0 Å². The van der Waals surface area contributed by atoms with Crippen LogP contribution in [0.1, 0.15) is 22.3 Å². The average Bonchev–Trinajstić information content (AvgIpc) is 3.66. The van der Waals surface area contributed by atoms with Crippen LogP contribution in [0.3, 0.4) is 0 Å². The number of nitrogens with zero attached hydrogens (tertiary/aromatic N) is 2. The molecule has 302 valence electrons. The maximum Gasteiger partial charge on any atom is 0.134 e. The van der Waals surface area contributed by atoms with Crippen molar-refractivity contribution < 1.29 is 4.74 Å². The fourth-order valence-corrected chi connectivity index (χ4v) is 10.1. The number of anilines is 6. The van der Waals surface area contributed by atoms with Crippen molar-refractivity contribution in [3.8, 4) is 44.9 Å². The maximum atomic E-state index is 7.21. The van der Waals surface area contributed by atoms with Crippen molar-refractivity contribution in [2.24, 2.45) is 0 Å². The molecule has 0 saturated heterocycles. The van der Waals surface area contributed by atoms with E-state index in [0.717, 1.165) is 62.3 Å². The molecule has 10 aromatic rings. The Bertz CT molecular complexity index is 3250. The summed E-state index contributed by atoms with van der Waals surface area (Å²) < 4.78 is 7.21. The monoisotopic (exact) mass is 818 g/mol. The van der Waals surface area contributed by atoms with Crippen LogP contribution in [0.4, 0.5) is 34.1 Å². The molecule has 2 aliphatic rings. The smallest absolute Gasteiger partial charge is 0.134 e. The van der Waals surface area contributed by atoms with Gasteiger partial charge in [-0.15, -0.1) is 0 Å². The second-order valence-electron chi connectivity index (χ2n) is 16.5. The Morgan fingerprint density at radius 3 is 1.30 bits per heavy atom. The molecule has 1 spiro atoms. The molecule has 0 aromatic heterocycles. The van der Waals surface area contributed by atoms with Crippen LogP contribution in [0.25, 0.3) is 33.4 Å². The van der Waals surface area contributed by atoms with Gasteiger partial charge in [-0.1, -0.05) is 176 Å². The summed E-state index contributed by atoms with van der Waals surface area (Å²) in [4.78, 5) is 4.69. The molecule has 3 nitrogen and oxygen atoms in total. The van der Waals surface area contributed by atoms with E-state index >= 15 is 0 Å². The predicted octanol–water partition coefficient (Wildman–Crippen LogP) is 16.4. The summed E-state index contributed by atoms with van der Waals surface area (Å²) in [7, 11) is 0. The number of hydrogen-bond acceptors (Lipinski definition) is 3. The van der Waals surface area contributed by atoms with Gasteiger partial charge in [-0.2, -0.15) is 0 Å². The van der Waals surface area contributed by atoms with Gasteiger partial charge >= 0.3 is 0 Å². The SMILES string of the molecule is c1ccc(-c2ccc(N(c3ccccc3)c3ccc4c(c3)Oc3ccc(N(c5ccccc5)c5cccc(-c6ccccc6)c5)cc3C43c4ccccc4-c4ccccc43)cc2)cc1. The van der Waals surface area contributed by atoms with Gasteiger partial charge in [0.2, 0.25) is 0 Å². The van der Waals surface area contributed by atoms with E-state index in [0.29, 0.717) is 0 Å². The minimum Gasteiger partial charge on any atom is -0.457 e. The zero-order chi connectivity index (χ0) is 42.5. The van der Waals surface area contributed by atoms with Crippen LogP contribution < -0.4 is 14.5 Å². The lowest BCUT2D eigenvalue weighted by Crippen LogP contribution is -2.32. The second-order valence-corrected chi connectivity index (χ2v) is 16.5. The molecular weight excluding hydrogens is 777 g/mol. The summed E-state index contributed by atoms with van der Waals surface area (Å²) in [5.74, 6) is 1.67. The first kappa shape index (κ1) is 37.4. The highest BCUT2D eigenvalue weighted by molar-refractivity contribution is 5.91. The van der Waals surface area contributed by atoms with Crippen LogP contribution in [-0.4, -0.2) is 0 Å². The van der Waals surface area contributed by atoms with Gasteiger partial charge in [0.25, 0.3) is 0 Å². The maximum absolute atomic E-state index is 7.21. The van der Waals surface area contributed by atoms with E-state index in [1.54, 1.807) is 0 Å². The van der Waals surface area contributed by atoms with Gasteiger partial charge in [0, 0.05) is 51.3 Å². The normalized spacial score (nSPS) is 12.6. The molecule has 0 amide bonds. The molecule has 0 N–H and O–H groups in total. The third-order valence-corrected chi connectivity index (χ3v) is 12.9. The molecular formula is C61H42N2O. The molecule has 10 aromatic carbocycles. The van der Waals surface area contributed by atoms with Crippen molar-refractivity contribution in [1.29, 1.82) is 0 Å². The van der Waals surface area contributed by atoms with Crippen LogP contribution in [0.5, 0.6) is 11.5 Å². The third kappa shape index (κ3) is 6.13. The Balaban J connectivity index is 1.05. The lowest BCUT2D eigenvalue weighted by atomic mass is 9.66. The van der Waals surface area contributed by atoms with Gasteiger partial charge < -0.3 is 14.5 Å². The summed E-state index contributed by atoms with van der Waals surface area (Å²) in [6.45, 7) is 0. The van der Waals surface area contributed by atoms with Crippen molar-refractivity contribution >= 4 is 34.1 Å². The number of para-hydroxylation sites is 2. The minimum absolute atomic E-state index is 0.659. The van der Waals surface area contributed by atoms with Crippen LogP contribution in [0.2, 0.25) is 0 Å². The van der Waals surface area contributed by atoms with Crippen LogP contribution >= 0.6 is 0 Å². The van der Waals surface area contributed by atoms with E-state index in [2.05, 4.69) is 265 Å². The topological polar surface area (TPSA) is 15.7 Å². The van der Waals surface area contributed by atoms with Crippen molar-refractivity contribution in [2.75, 3.05) is 9.80 Å². The second kappa shape index (κ2) is 15.5. The molecule has 1 heterocycles. The summed E-state index contributed by atoms with van der Waals surface area (Å²) >= 11 is 0. The van der Waals surface area contributed by atoms with Crippen molar-refractivity contribution in [1.82, 2.24) is 0 Å². The van der Waals surface area contributed by atoms with E-state index in [4.69, 9.17) is 4.74 Å². The lowest BCUT2D eigenvalue weighted by molar-refractivity contribution is 0.436. The molecule has 0 unspecified atom stereocenters. The zero-order valence-electron chi connectivity index (χ0n) is 35.1. The number of fused-ring (bicyclic) bond motifs is 9. The first-order chi connectivity index (χ1) is 31.7. The van der Waals surface area contributed by atoms with Gasteiger partial charge in [0.1, 0.15) is 11.5 Å². The lowest BCUT2D eigenvalue weighted by Gasteiger charge is -2.40. The Morgan fingerprint density at radius 2 is 0.672 bits per heavy atom. The van der Waals surface area contributed by atoms with Crippen LogP contribution in [0.15, 0.2) is 255 Å². The first-order valence-electron chi connectivity index (χ1n) is 21.9. The zero-order valence-corrected chi connectivity index (χ0v) is 35.1. The molecule has 3 heteroatoms. The largest absolute Gasteiger partial charge is 0.457 e. The molecule has 0 bridgehead atoms. The number of hydrogen-bond donors (Lipinski definition) is 0. The van der Waals surface area contributed by atoms with E-state index in [1.807, 2.05) is 0 Å². The highest BCUT2D eigenvalue weighted by atomic mass is 16.5. The third-order valence-electron chi connectivity index (χ3n) is 12.9. The van der Waals surface area contributed by atoms with Crippen LogP contribution in [-0.2, 0) is 5.41 Å². The van der Waals surface area contributed by atoms with Crippen molar-refractivity contribution in [3.63, 3.8) is 0 Å². The van der Waals surface area contributed by atoms with Gasteiger partial charge in [-0.25, -0.2) is 0 Å². The molecule has 0 saturated carbocycles. The van der Waals surface area contributed by atoms with E-state index in [9.17, 15) is 0 Å². The minimum atomic E-state index is -0.659. The van der Waals surface area contributed by atoms with Crippen molar-refractivity contribution in [2.45, 2.75) is 5.41 Å². The highest BCUT2D eigenvalue weighted by Gasteiger charge is 2.51. The number of benzene rings is 10. The summed E-state index contributed by atoms with van der Waals surface area (Å²) in [5.41, 5.74) is 17.6. The van der Waals surface area contributed by atoms with E-state index in [-0.39, 0.29) is 0 Å².